The molecular weight excluding hydrogens is 526 g/mol. The lowest BCUT2D eigenvalue weighted by Crippen LogP contribution is -2.41. The Kier molecular flexibility index (Phi) is 7.68. The van der Waals surface area contributed by atoms with Crippen molar-refractivity contribution < 1.29 is 23.7 Å². The minimum atomic E-state index is -0.672. The molecule has 4 aromatic rings. The second-order valence-corrected chi connectivity index (χ2v) is 9.36. The number of nitro benzene ring substituents is 1. The predicted octanol–water partition coefficient (Wildman–Crippen LogP) is 4.71. The standard InChI is InChI=1S/C30H25N5O6/c1-18-26-24(31-32-28(36)21-12-10-20(11-13-21)19-6-3-2-4-7-19)8-5-9-25(26)41-27(18)30(38)34-33-29(37)22-14-16-23(17-15-22)35(39)40/h2-4,6-7,10-17H,5,8-9H2,1H3,(H,32,36)(H,33,37)(H,34,38)/b31-24+. The van der Waals surface area contributed by atoms with Gasteiger partial charge in [-0.05, 0) is 55.2 Å². The molecule has 1 aromatic heterocycles. The number of hydrogen-bond donors (Lipinski definition) is 3. The third-order valence-corrected chi connectivity index (χ3v) is 6.71. The number of non-ortho nitro benzene ring substituents is 1. The fraction of sp³-hybridized carbons (Fsp3) is 0.133. The Morgan fingerprint density at radius 3 is 2.10 bits per heavy atom. The van der Waals surface area contributed by atoms with Crippen molar-refractivity contribution in [1.82, 2.24) is 16.3 Å². The van der Waals surface area contributed by atoms with Crippen LogP contribution in [0.3, 0.4) is 0 Å². The van der Waals surface area contributed by atoms with E-state index in [0.29, 0.717) is 41.0 Å². The lowest BCUT2D eigenvalue weighted by Gasteiger charge is -2.13. The number of furan rings is 1. The molecule has 3 N–H and O–H groups in total. The van der Waals surface area contributed by atoms with E-state index in [2.05, 4.69) is 21.4 Å². The quantitative estimate of drug-likeness (QED) is 0.233. The highest BCUT2D eigenvalue weighted by molar-refractivity contribution is 6.07. The van der Waals surface area contributed by atoms with Crippen LogP contribution in [0.4, 0.5) is 5.69 Å². The lowest BCUT2D eigenvalue weighted by atomic mass is 9.93. The van der Waals surface area contributed by atoms with Crippen molar-refractivity contribution in [1.29, 1.82) is 0 Å². The first-order valence-electron chi connectivity index (χ1n) is 12.8. The number of fused-ring (bicyclic) bond motifs is 1. The maximum atomic E-state index is 12.8. The molecule has 0 aliphatic heterocycles. The van der Waals surface area contributed by atoms with E-state index >= 15 is 0 Å². The number of carbonyl (C=O) groups is 3. The number of carbonyl (C=O) groups excluding carboxylic acids is 3. The van der Waals surface area contributed by atoms with Gasteiger partial charge in [-0.2, -0.15) is 5.10 Å². The normalized spacial score (nSPS) is 13.2. The largest absolute Gasteiger partial charge is 0.455 e. The van der Waals surface area contributed by atoms with Gasteiger partial charge in [-0.1, -0.05) is 42.5 Å². The molecule has 0 saturated heterocycles. The van der Waals surface area contributed by atoms with Gasteiger partial charge in [0.15, 0.2) is 5.76 Å². The van der Waals surface area contributed by atoms with Crippen molar-refractivity contribution in [2.24, 2.45) is 5.10 Å². The Morgan fingerprint density at radius 1 is 0.805 bits per heavy atom. The van der Waals surface area contributed by atoms with Crippen molar-refractivity contribution in [3.63, 3.8) is 0 Å². The summed E-state index contributed by atoms with van der Waals surface area (Å²) in [6.07, 6.45) is 1.89. The highest BCUT2D eigenvalue weighted by Crippen LogP contribution is 2.30. The molecule has 206 valence electrons. The number of hydrazine groups is 1. The highest BCUT2D eigenvalue weighted by atomic mass is 16.6. The molecular formula is C30H25N5O6. The van der Waals surface area contributed by atoms with Gasteiger partial charge in [0, 0.05) is 40.8 Å². The molecule has 3 amide bonds. The Hall–Kier alpha value is -5.58. The smallest absolute Gasteiger partial charge is 0.305 e. The molecule has 1 aliphatic carbocycles. The summed E-state index contributed by atoms with van der Waals surface area (Å²) in [6.45, 7) is 1.71. The summed E-state index contributed by atoms with van der Waals surface area (Å²) in [6, 6.07) is 22.0. The van der Waals surface area contributed by atoms with E-state index in [0.717, 1.165) is 17.5 Å². The Labute approximate surface area is 234 Å². The number of hydrazone groups is 1. The van der Waals surface area contributed by atoms with E-state index in [1.54, 1.807) is 19.1 Å². The summed E-state index contributed by atoms with van der Waals surface area (Å²) in [5, 5.41) is 15.2. The molecule has 0 spiro atoms. The molecule has 5 rings (SSSR count). The van der Waals surface area contributed by atoms with E-state index in [4.69, 9.17) is 4.42 Å². The van der Waals surface area contributed by atoms with Gasteiger partial charge < -0.3 is 4.42 Å². The van der Waals surface area contributed by atoms with Gasteiger partial charge in [-0.15, -0.1) is 0 Å². The SMILES string of the molecule is Cc1c(C(=O)NNC(=O)c2ccc([N+](=O)[O-])cc2)oc2c1/C(=N/NC(=O)c1ccc(-c3ccccc3)cc1)CCC2. The van der Waals surface area contributed by atoms with Crippen LogP contribution in [0.15, 0.2) is 88.4 Å². The highest BCUT2D eigenvalue weighted by Gasteiger charge is 2.28. The maximum Gasteiger partial charge on any atom is 0.305 e. The van der Waals surface area contributed by atoms with Crippen LogP contribution in [-0.4, -0.2) is 28.4 Å². The third-order valence-electron chi connectivity index (χ3n) is 6.71. The minimum Gasteiger partial charge on any atom is -0.455 e. The van der Waals surface area contributed by atoms with Crippen molar-refractivity contribution >= 4 is 29.1 Å². The Balaban J connectivity index is 1.25. The summed E-state index contributed by atoms with van der Waals surface area (Å²) >= 11 is 0. The zero-order valence-electron chi connectivity index (χ0n) is 22.0. The summed E-state index contributed by atoms with van der Waals surface area (Å²) in [5.74, 6) is -1.10. The first-order chi connectivity index (χ1) is 19.8. The Bertz CT molecular complexity index is 1660. The molecule has 11 heteroatoms. The number of benzene rings is 3. The van der Waals surface area contributed by atoms with Crippen LogP contribution in [0, 0.1) is 17.0 Å². The van der Waals surface area contributed by atoms with Gasteiger partial charge >= 0.3 is 5.91 Å². The van der Waals surface area contributed by atoms with Gasteiger partial charge in [0.25, 0.3) is 17.5 Å². The summed E-state index contributed by atoms with van der Waals surface area (Å²) in [4.78, 5) is 48.2. The number of amides is 3. The van der Waals surface area contributed by atoms with Crippen LogP contribution in [-0.2, 0) is 6.42 Å². The van der Waals surface area contributed by atoms with Gasteiger partial charge in [-0.25, -0.2) is 5.43 Å². The molecule has 41 heavy (non-hydrogen) atoms. The average Bonchev–Trinajstić information content (AvgIpc) is 3.35. The molecule has 11 nitrogen and oxygen atoms in total. The Morgan fingerprint density at radius 2 is 1.41 bits per heavy atom. The third kappa shape index (κ3) is 5.88. The molecule has 0 atom stereocenters. The zero-order valence-corrected chi connectivity index (χ0v) is 22.0. The number of nitro groups is 1. The van der Waals surface area contributed by atoms with E-state index in [1.165, 1.54) is 24.3 Å². The first-order valence-corrected chi connectivity index (χ1v) is 12.8. The fourth-order valence-corrected chi connectivity index (χ4v) is 4.60. The monoisotopic (exact) mass is 551 g/mol. The molecule has 0 saturated carbocycles. The second-order valence-electron chi connectivity index (χ2n) is 9.36. The molecule has 3 aromatic carbocycles. The lowest BCUT2D eigenvalue weighted by molar-refractivity contribution is -0.384. The maximum absolute atomic E-state index is 12.8. The van der Waals surface area contributed by atoms with E-state index in [9.17, 15) is 24.5 Å². The van der Waals surface area contributed by atoms with Crippen LogP contribution in [0.1, 0.15) is 61.0 Å². The minimum absolute atomic E-state index is 0.0106. The van der Waals surface area contributed by atoms with Crippen LogP contribution in [0.2, 0.25) is 0 Å². The second kappa shape index (κ2) is 11.7. The molecule has 0 unspecified atom stereocenters. The van der Waals surface area contributed by atoms with Gasteiger partial charge in [0.2, 0.25) is 0 Å². The topological polar surface area (TPSA) is 156 Å². The fourth-order valence-electron chi connectivity index (χ4n) is 4.60. The van der Waals surface area contributed by atoms with Crippen molar-refractivity contribution in [2.75, 3.05) is 0 Å². The molecule has 0 bridgehead atoms. The average molecular weight is 552 g/mol. The summed E-state index contributed by atoms with van der Waals surface area (Å²) in [5.41, 5.74) is 11.5. The van der Waals surface area contributed by atoms with Crippen LogP contribution < -0.4 is 16.3 Å². The number of nitrogens with one attached hydrogen (secondary N) is 3. The van der Waals surface area contributed by atoms with Gasteiger partial charge in [-0.3, -0.25) is 35.3 Å². The molecule has 1 aliphatic rings. The predicted molar refractivity (Wildman–Crippen MR) is 150 cm³/mol. The van der Waals surface area contributed by atoms with E-state index in [-0.39, 0.29) is 22.9 Å². The molecule has 0 fully saturated rings. The number of hydrogen-bond acceptors (Lipinski definition) is 7. The van der Waals surface area contributed by atoms with Crippen molar-refractivity contribution in [2.45, 2.75) is 26.2 Å². The zero-order chi connectivity index (χ0) is 28.9. The summed E-state index contributed by atoms with van der Waals surface area (Å²) < 4.78 is 5.82. The van der Waals surface area contributed by atoms with E-state index < -0.39 is 16.7 Å². The molecule has 1 heterocycles. The van der Waals surface area contributed by atoms with Crippen molar-refractivity contribution in [3.8, 4) is 11.1 Å². The summed E-state index contributed by atoms with van der Waals surface area (Å²) in [7, 11) is 0. The van der Waals surface area contributed by atoms with Gasteiger partial charge in [0.05, 0.1) is 10.6 Å². The van der Waals surface area contributed by atoms with E-state index in [1.807, 2.05) is 42.5 Å². The van der Waals surface area contributed by atoms with Crippen LogP contribution in [0.5, 0.6) is 0 Å². The number of nitrogens with zero attached hydrogens (tertiary/aromatic N) is 2. The van der Waals surface area contributed by atoms with Crippen molar-refractivity contribution in [3.05, 3.63) is 123 Å². The van der Waals surface area contributed by atoms with Crippen LogP contribution in [0.25, 0.3) is 11.1 Å². The first kappa shape index (κ1) is 27.0. The molecule has 0 radical (unpaired) electrons. The van der Waals surface area contributed by atoms with Crippen LogP contribution >= 0.6 is 0 Å². The number of aryl methyl sites for hydroxylation is 1. The van der Waals surface area contributed by atoms with Gasteiger partial charge in [0.1, 0.15) is 5.76 Å². The number of rotatable bonds is 6.